The van der Waals surface area contributed by atoms with Crippen molar-refractivity contribution in [2.24, 2.45) is 0 Å². The minimum absolute atomic E-state index is 0.153. The first-order chi connectivity index (χ1) is 12.0. The number of amides is 1. The topological polar surface area (TPSA) is 29.1 Å². The number of carbonyl (C=O) groups excluding carboxylic acids is 1. The van der Waals surface area contributed by atoms with Gasteiger partial charge in [0.1, 0.15) is 0 Å². The zero-order chi connectivity index (χ0) is 18.0. The summed E-state index contributed by atoms with van der Waals surface area (Å²) in [5.41, 5.74) is 4.26. The zero-order valence-corrected chi connectivity index (χ0v) is 15.8. The summed E-state index contributed by atoms with van der Waals surface area (Å²) in [6.07, 6.45) is 2.98. The van der Waals surface area contributed by atoms with Crippen LogP contribution in [0.4, 0.5) is 5.69 Å². The summed E-state index contributed by atoms with van der Waals surface area (Å²) in [6.45, 7) is 8.74. The minimum atomic E-state index is -0.362. The van der Waals surface area contributed by atoms with Crippen molar-refractivity contribution in [3.8, 4) is 0 Å². The molecule has 0 unspecified atom stereocenters. The molecule has 3 rings (SSSR count). The second-order valence-corrected chi connectivity index (χ2v) is 7.88. The third-order valence-corrected chi connectivity index (χ3v) is 5.58. The fourth-order valence-electron chi connectivity index (χ4n) is 3.86. The predicted octanol–water partition coefficient (Wildman–Crippen LogP) is 5.99. The van der Waals surface area contributed by atoms with Crippen molar-refractivity contribution in [3.63, 3.8) is 0 Å². The quantitative estimate of drug-likeness (QED) is 0.714. The summed E-state index contributed by atoms with van der Waals surface area (Å²) in [4.78, 5) is 13.4. The normalized spacial score (nSPS) is 15.9. The molecule has 0 radical (unpaired) electrons. The van der Waals surface area contributed by atoms with Crippen LogP contribution in [0.2, 0.25) is 0 Å². The first-order valence-electron chi connectivity index (χ1n) is 9.45. The van der Waals surface area contributed by atoms with Crippen molar-refractivity contribution in [3.05, 3.63) is 65.2 Å². The summed E-state index contributed by atoms with van der Waals surface area (Å²) < 4.78 is 0. The first kappa shape index (κ1) is 17.7. The molecule has 1 aliphatic carbocycles. The van der Waals surface area contributed by atoms with E-state index in [0.717, 1.165) is 30.5 Å². The predicted molar refractivity (Wildman–Crippen MR) is 105 cm³/mol. The van der Waals surface area contributed by atoms with Crippen LogP contribution in [0.3, 0.4) is 0 Å². The Labute approximate surface area is 151 Å². The van der Waals surface area contributed by atoms with Crippen molar-refractivity contribution in [1.29, 1.82) is 0 Å². The number of anilines is 1. The van der Waals surface area contributed by atoms with E-state index in [0.29, 0.717) is 11.8 Å². The summed E-state index contributed by atoms with van der Waals surface area (Å²) >= 11 is 0. The lowest BCUT2D eigenvalue weighted by Crippen LogP contribution is -2.46. The summed E-state index contributed by atoms with van der Waals surface area (Å²) in [7, 11) is 0. The molecule has 1 N–H and O–H groups in total. The summed E-state index contributed by atoms with van der Waals surface area (Å²) in [5.74, 6) is 0.908. The van der Waals surface area contributed by atoms with Gasteiger partial charge < -0.3 is 5.32 Å². The average Bonchev–Trinajstić information content (AvgIpc) is 2.54. The molecule has 0 atom stereocenters. The Hall–Kier alpha value is -2.09. The Morgan fingerprint density at radius 1 is 0.880 bits per heavy atom. The van der Waals surface area contributed by atoms with Gasteiger partial charge in [0, 0.05) is 5.69 Å². The van der Waals surface area contributed by atoms with Gasteiger partial charge in [-0.05, 0) is 41.4 Å². The van der Waals surface area contributed by atoms with Crippen LogP contribution < -0.4 is 5.32 Å². The van der Waals surface area contributed by atoms with Gasteiger partial charge in [-0.1, -0.05) is 82.6 Å². The molecule has 1 aliphatic rings. The maximum Gasteiger partial charge on any atom is 0.235 e. The van der Waals surface area contributed by atoms with Crippen LogP contribution >= 0.6 is 0 Å². The molecule has 1 fully saturated rings. The highest BCUT2D eigenvalue weighted by atomic mass is 16.2. The van der Waals surface area contributed by atoms with Gasteiger partial charge in [-0.15, -0.1) is 0 Å². The zero-order valence-electron chi connectivity index (χ0n) is 15.8. The Bertz CT molecular complexity index is 716. The lowest BCUT2D eigenvalue weighted by molar-refractivity contribution is -0.124. The second kappa shape index (κ2) is 7.03. The Morgan fingerprint density at radius 2 is 1.44 bits per heavy atom. The molecule has 0 aliphatic heterocycles. The van der Waals surface area contributed by atoms with Crippen molar-refractivity contribution in [1.82, 2.24) is 0 Å². The van der Waals surface area contributed by atoms with Gasteiger partial charge in [0.2, 0.25) is 5.91 Å². The molecule has 0 heterocycles. The van der Waals surface area contributed by atoms with Crippen molar-refractivity contribution < 1.29 is 4.79 Å². The molecule has 1 saturated carbocycles. The van der Waals surface area contributed by atoms with Gasteiger partial charge in [0.05, 0.1) is 5.41 Å². The van der Waals surface area contributed by atoms with Crippen molar-refractivity contribution in [2.45, 2.75) is 64.2 Å². The lowest BCUT2D eigenvalue weighted by atomic mass is 9.63. The number of rotatable bonds is 5. The SMILES string of the molecule is CC(C)c1cccc(C(C)C)c1NC(=O)C1(c2ccccc2)CCC1. The number of para-hydroxylation sites is 1. The van der Waals surface area contributed by atoms with Gasteiger partial charge in [-0.3, -0.25) is 4.79 Å². The fraction of sp³-hybridized carbons (Fsp3) is 0.435. The van der Waals surface area contributed by atoms with E-state index in [4.69, 9.17) is 0 Å². The van der Waals surface area contributed by atoms with Crippen LogP contribution in [0.15, 0.2) is 48.5 Å². The maximum absolute atomic E-state index is 13.4. The molecule has 25 heavy (non-hydrogen) atoms. The molecule has 132 valence electrons. The van der Waals surface area contributed by atoms with E-state index in [-0.39, 0.29) is 11.3 Å². The third kappa shape index (κ3) is 3.22. The van der Waals surface area contributed by atoms with Gasteiger partial charge in [0.25, 0.3) is 0 Å². The molecule has 0 spiro atoms. The Balaban J connectivity index is 1.98. The third-order valence-electron chi connectivity index (χ3n) is 5.58. The molecule has 1 amide bonds. The highest BCUT2D eigenvalue weighted by Crippen LogP contribution is 2.45. The van der Waals surface area contributed by atoms with Crippen LogP contribution in [0, 0.1) is 0 Å². The number of hydrogen-bond donors (Lipinski definition) is 1. The molecule has 2 aromatic rings. The number of hydrogen-bond acceptors (Lipinski definition) is 1. The number of benzene rings is 2. The van der Waals surface area contributed by atoms with Crippen LogP contribution in [0.25, 0.3) is 0 Å². The highest BCUT2D eigenvalue weighted by Gasteiger charge is 2.45. The van der Waals surface area contributed by atoms with Crippen LogP contribution in [-0.2, 0) is 10.2 Å². The monoisotopic (exact) mass is 335 g/mol. The average molecular weight is 335 g/mol. The Morgan fingerprint density at radius 3 is 1.88 bits per heavy atom. The van der Waals surface area contributed by atoms with E-state index < -0.39 is 0 Å². The largest absolute Gasteiger partial charge is 0.325 e. The fourth-order valence-corrected chi connectivity index (χ4v) is 3.86. The molecule has 2 nitrogen and oxygen atoms in total. The smallest absolute Gasteiger partial charge is 0.235 e. The van der Waals surface area contributed by atoms with Gasteiger partial charge >= 0.3 is 0 Å². The van der Waals surface area contributed by atoms with Gasteiger partial charge in [-0.2, -0.15) is 0 Å². The second-order valence-electron chi connectivity index (χ2n) is 7.88. The minimum Gasteiger partial charge on any atom is -0.325 e. The van der Waals surface area contributed by atoms with E-state index in [2.05, 4.69) is 63.3 Å². The van der Waals surface area contributed by atoms with E-state index in [1.54, 1.807) is 0 Å². The van der Waals surface area contributed by atoms with Crippen LogP contribution in [0.1, 0.15) is 75.5 Å². The summed E-state index contributed by atoms with van der Waals surface area (Å²) in [5, 5.41) is 3.34. The standard InChI is InChI=1S/C23H29NO/c1-16(2)19-12-8-13-20(17(3)4)21(19)24-22(25)23(14-9-15-23)18-10-6-5-7-11-18/h5-8,10-13,16-17H,9,14-15H2,1-4H3,(H,24,25). The molecule has 0 aromatic heterocycles. The summed E-state index contributed by atoms with van der Waals surface area (Å²) in [6, 6.07) is 16.7. The molecule has 0 bridgehead atoms. The molecular formula is C23H29NO. The van der Waals surface area contributed by atoms with E-state index in [9.17, 15) is 4.79 Å². The van der Waals surface area contributed by atoms with Gasteiger partial charge in [-0.25, -0.2) is 0 Å². The van der Waals surface area contributed by atoms with Crippen LogP contribution in [-0.4, -0.2) is 5.91 Å². The van der Waals surface area contributed by atoms with Crippen molar-refractivity contribution >= 4 is 11.6 Å². The Kier molecular flexibility index (Phi) is 4.99. The number of nitrogens with one attached hydrogen (secondary N) is 1. The van der Waals surface area contributed by atoms with Crippen LogP contribution in [0.5, 0.6) is 0 Å². The number of carbonyl (C=O) groups is 1. The lowest BCUT2D eigenvalue weighted by Gasteiger charge is -2.41. The highest BCUT2D eigenvalue weighted by molar-refractivity contribution is 6.01. The molecule has 2 aromatic carbocycles. The maximum atomic E-state index is 13.4. The molecular weight excluding hydrogens is 306 g/mol. The molecule has 0 saturated heterocycles. The van der Waals surface area contributed by atoms with Gasteiger partial charge in [0.15, 0.2) is 0 Å². The molecule has 2 heteroatoms. The van der Waals surface area contributed by atoms with E-state index in [1.807, 2.05) is 18.2 Å². The first-order valence-corrected chi connectivity index (χ1v) is 9.45. The van der Waals surface area contributed by atoms with Crippen molar-refractivity contribution in [2.75, 3.05) is 5.32 Å². The van der Waals surface area contributed by atoms with E-state index >= 15 is 0 Å². The van der Waals surface area contributed by atoms with E-state index in [1.165, 1.54) is 11.1 Å².